The molecule has 0 amide bonds. The van der Waals surface area contributed by atoms with Gasteiger partial charge in [0.2, 0.25) is 15.4 Å². The maximum absolute atomic E-state index is 12.8. The number of aryl methyl sites for hydroxylation is 2. The summed E-state index contributed by atoms with van der Waals surface area (Å²) >= 11 is 1.82. The van der Waals surface area contributed by atoms with E-state index in [1.165, 1.54) is 31.7 Å². The van der Waals surface area contributed by atoms with Gasteiger partial charge in [-0.15, -0.1) is 11.3 Å². The van der Waals surface area contributed by atoms with Gasteiger partial charge in [-0.2, -0.15) is 4.31 Å². The normalized spacial score (nSPS) is 17.9. The van der Waals surface area contributed by atoms with E-state index in [0.29, 0.717) is 13.1 Å². The van der Waals surface area contributed by atoms with Gasteiger partial charge >= 0.3 is 0 Å². The molecule has 0 spiro atoms. The standard InChI is InChI=1S/C26H35N4O2S2/c1-5-18-14-20(28(3)4)16-23-25(18)27-26-19(6-2)15-21(17-24(26)33-23)29-10-7-11-30(13-12-29)34(31,32)22-8-9-22/h14-17,22H,5-13H2,1-4H3/q+1. The summed E-state index contributed by atoms with van der Waals surface area (Å²) in [6, 6.07) is 9.05. The van der Waals surface area contributed by atoms with Crippen molar-refractivity contribution in [1.29, 1.82) is 0 Å². The Morgan fingerprint density at radius 2 is 1.76 bits per heavy atom. The van der Waals surface area contributed by atoms with Crippen LogP contribution in [-0.2, 0) is 22.9 Å². The fourth-order valence-corrected chi connectivity index (χ4v) is 7.92. The highest BCUT2D eigenvalue weighted by Crippen LogP contribution is 2.37. The highest BCUT2D eigenvalue weighted by atomic mass is 32.2. The average Bonchev–Trinajstić information content (AvgIpc) is 3.68. The summed E-state index contributed by atoms with van der Waals surface area (Å²) in [6.45, 7) is 7.20. The van der Waals surface area contributed by atoms with E-state index >= 15 is 0 Å². The fourth-order valence-electron chi connectivity index (χ4n) is 4.90. The predicted octanol–water partition coefficient (Wildman–Crippen LogP) is 3.56. The second-order valence-electron chi connectivity index (χ2n) is 9.70. The molecule has 1 aromatic carbocycles. The Morgan fingerprint density at radius 1 is 1.00 bits per heavy atom. The van der Waals surface area contributed by atoms with E-state index in [1.807, 2.05) is 11.3 Å². The van der Waals surface area contributed by atoms with Gasteiger partial charge in [-0.05, 0) is 55.4 Å². The Kier molecular flexibility index (Phi) is 6.42. The first-order valence-corrected chi connectivity index (χ1v) is 14.8. The maximum atomic E-state index is 12.8. The Bertz CT molecular complexity index is 1370. The third-order valence-corrected chi connectivity index (χ3v) is 10.6. The van der Waals surface area contributed by atoms with Crippen molar-refractivity contribution in [2.45, 2.75) is 51.2 Å². The van der Waals surface area contributed by atoms with Gasteiger partial charge in [-0.25, -0.2) is 18.0 Å². The third kappa shape index (κ3) is 4.36. The van der Waals surface area contributed by atoms with Gasteiger partial charge < -0.3 is 4.90 Å². The number of aromatic nitrogens is 1. The summed E-state index contributed by atoms with van der Waals surface area (Å²) < 4.78 is 30.6. The molecule has 5 rings (SSSR count). The van der Waals surface area contributed by atoms with Gasteiger partial charge in [0.25, 0.3) is 0 Å². The highest BCUT2D eigenvalue weighted by Gasteiger charge is 2.40. The zero-order chi connectivity index (χ0) is 24.0. The van der Waals surface area contributed by atoms with Crippen LogP contribution in [0.3, 0.4) is 0 Å². The van der Waals surface area contributed by atoms with Crippen molar-refractivity contribution in [3.05, 3.63) is 40.7 Å². The molecule has 1 saturated carbocycles. The van der Waals surface area contributed by atoms with E-state index < -0.39 is 10.0 Å². The van der Waals surface area contributed by atoms with E-state index in [0.717, 1.165) is 56.4 Å². The first-order chi connectivity index (χ1) is 16.3. The lowest BCUT2D eigenvalue weighted by atomic mass is 10.1. The predicted molar refractivity (Wildman–Crippen MR) is 142 cm³/mol. The topological polar surface area (TPSA) is 56.5 Å². The highest BCUT2D eigenvalue weighted by molar-refractivity contribution is 7.90. The number of anilines is 1. The molecular formula is C26H35N4O2S2+. The molecule has 0 radical (unpaired) electrons. The monoisotopic (exact) mass is 499 g/mol. The molecule has 1 aromatic rings. The average molecular weight is 500 g/mol. The molecule has 0 atom stereocenters. The van der Waals surface area contributed by atoms with Crippen molar-refractivity contribution in [1.82, 2.24) is 13.9 Å². The molecule has 34 heavy (non-hydrogen) atoms. The summed E-state index contributed by atoms with van der Waals surface area (Å²) in [6.07, 6.45) is 4.38. The second-order valence-corrected chi connectivity index (χ2v) is 13.0. The Balaban J connectivity index is 1.55. The molecule has 0 unspecified atom stereocenters. The van der Waals surface area contributed by atoms with Gasteiger partial charge in [-0.3, -0.25) is 0 Å². The van der Waals surface area contributed by atoms with Crippen LogP contribution in [0, 0.1) is 0 Å². The summed E-state index contributed by atoms with van der Waals surface area (Å²) in [5.74, 6) is 0. The summed E-state index contributed by atoms with van der Waals surface area (Å²) in [7, 11) is 1.05. The summed E-state index contributed by atoms with van der Waals surface area (Å²) in [4.78, 5) is 8.76. The first-order valence-electron chi connectivity index (χ1n) is 12.5. The molecule has 2 fully saturated rings. The van der Waals surface area contributed by atoms with E-state index in [-0.39, 0.29) is 5.25 Å². The molecular weight excluding hydrogens is 464 g/mol. The number of fused-ring (bicyclic) bond motifs is 2. The van der Waals surface area contributed by atoms with Crippen molar-refractivity contribution in [2.75, 3.05) is 45.2 Å². The molecule has 8 heteroatoms. The number of rotatable bonds is 5. The molecule has 182 valence electrons. The van der Waals surface area contributed by atoms with Crippen molar-refractivity contribution in [2.24, 2.45) is 0 Å². The Morgan fingerprint density at radius 3 is 2.44 bits per heavy atom. The number of benzene rings is 2. The van der Waals surface area contributed by atoms with Gasteiger partial charge in [0.15, 0.2) is 0 Å². The Labute approximate surface area is 207 Å². The molecule has 2 heterocycles. The zero-order valence-electron chi connectivity index (χ0n) is 20.7. The van der Waals surface area contributed by atoms with E-state index in [4.69, 9.17) is 4.98 Å². The lowest BCUT2D eigenvalue weighted by molar-refractivity contribution is 0.432. The first kappa shape index (κ1) is 23.7. The van der Waals surface area contributed by atoms with Gasteiger partial charge in [-0.1, -0.05) is 13.8 Å². The van der Waals surface area contributed by atoms with Crippen LogP contribution in [-0.4, -0.2) is 63.2 Å². The largest absolute Gasteiger partial charge is 0.370 e. The van der Waals surface area contributed by atoms with Crippen LogP contribution >= 0.6 is 11.3 Å². The van der Waals surface area contributed by atoms with Gasteiger partial charge in [0.05, 0.1) is 26.0 Å². The minimum Gasteiger partial charge on any atom is -0.370 e. The second kappa shape index (κ2) is 9.21. The van der Waals surface area contributed by atoms with Crippen molar-refractivity contribution < 1.29 is 8.42 Å². The van der Waals surface area contributed by atoms with Crippen LogP contribution in [0.15, 0.2) is 24.3 Å². The molecule has 0 N–H and O–H groups in total. The SMILES string of the molecule is CCc1cc(=[N+](C)C)cc2sc3cc(N4CCCN(S(=O)(=O)C5CC5)CC4)cc(CC)c3nc1-2. The minimum absolute atomic E-state index is 0.132. The smallest absolute Gasteiger partial charge is 0.217 e. The lowest BCUT2D eigenvalue weighted by Crippen LogP contribution is -2.37. The fraction of sp³-hybridized carbons (Fsp3) is 0.538. The Hall–Kier alpha value is -2.03. The maximum Gasteiger partial charge on any atom is 0.217 e. The quantitative estimate of drug-likeness (QED) is 0.398. The van der Waals surface area contributed by atoms with Crippen LogP contribution in [0.4, 0.5) is 5.69 Å². The van der Waals surface area contributed by atoms with Crippen LogP contribution in [0.2, 0.25) is 0 Å². The lowest BCUT2D eigenvalue weighted by Gasteiger charge is -2.25. The third-order valence-electron chi connectivity index (χ3n) is 7.12. The number of nitrogens with zero attached hydrogens (tertiary/aromatic N) is 4. The minimum atomic E-state index is -3.11. The number of sulfonamides is 1. The molecule has 0 bridgehead atoms. The van der Waals surface area contributed by atoms with E-state index in [2.05, 4.69) is 61.7 Å². The molecule has 4 aliphatic rings. The van der Waals surface area contributed by atoms with Gasteiger partial charge in [0, 0.05) is 44.0 Å². The van der Waals surface area contributed by atoms with Crippen molar-refractivity contribution in [3.8, 4) is 10.6 Å². The number of hydrogen-bond donors (Lipinski definition) is 0. The van der Waals surface area contributed by atoms with Crippen LogP contribution < -0.4 is 14.8 Å². The van der Waals surface area contributed by atoms with Crippen LogP contribution in [0.5, 0.6) is 0 Å². The molecule has 2 aliphatic carbocycles. The molecule has 2 aliphatic heterocycles. The number of hydrogen-bond acceptors (Lipinski definition) is 5. The molecule has 0 aromatic heterocycles. The molecule has 1 saturated heterocycles. The van der Waals surface area contributed by atoms with Gasteiger partial charge in [0.1, 0.15) is 14.1 Å². The van der Waals surface area contributed by atoms with E-state index in [9.17, 15) is 8.42 Å². The zero-order valence-corrected chi connectivity index (χ0v) is 22.3. The van der Waals surface area contributed by atoms with Crippen molar-refractivity contribution >= 4 is 37.3 Å². The molecule has 6 nitrogen and oxygen atoms in total. The van der Waals surface area contributed by atoms with Crippen LogP contribution in [0.25, 0.3) is 20.8 Å². The van der Waals surface area contributed by atoms with E-state index in [1.54, 1.807) is 4.31 Å². The van der Waals surface area contributed by atoms with Crippen LogP contribution in [0.1, 0.15) is 44.2 Å². The summed E-state index contributed by atoms with van der Waals surface area (Å²) in [5.41, 5.74) is 5.95. The summed E-state index contributed by atoms with van der Waals surface area (Å²) in [5, 5.41) is 1.07. The van der Waals surface area contributed by atoms with Crippen molar-refractivity contribution in [3.63, 3.8) is 0 Å².